The summed E-state index contributed by atoms with van der Waals surface area (Å²) in [7, 11) is -3.58. The largest absolute Gasteiger partial charge is 0.313 e. The van der Waals surface area contributed by atoms with E-state index in [1.165, 1.54) is 6.20 Å². The second kappa shape index (κ2) is 7.30. The van der Waals surface area contributed by atoms with Crippen molar-refractivity contribution < 1.29 is 8.42 Å². The van der Waals surface area contributed by atoms with E-state index in [0.29, 0.717) is 25.1 Å². The molecule has 0 atom stereocenters. The molecule has 0 spiro atoms. The normalized spacial score (nSPS) is 11.7. The summed E-state index contributed by atoms with van der Waals surface area (Å²) in [5, 5.41) is 9.57. The van der Waals surface area contributed by atoms with Crippen LogP contribution in [0.5, 0.6) is 0 Å². The Morgan fingerprint density at radius 2 is 2.19 bits per heavy atom. The number of hydrogen-bond donors (Lipinski definition) is 3. The van der Waals surface area contributed by atoms with Gasteiger partial charge in [-0.3, -0.25) is 10.1 Å². The van der Waals surface area contributed by atoms with Crippen molar-refractivity contribution in [3.8, 4) is 0 Å². The molecule has 0 fully saturated rings. The number of nitrogens with one attached hydrogen (secondary N) is 3. The van der Waals surface area contributed by atoms with E-state index in [2.05, 4.69) is 25.2 Å². The molecule has 0 saturated carbocycles. The predicted octanol–water partition coefficient (Wildman–Crippen LogP) is 0.435. The average Bonchev–Trinajstić information content (AvgIpc) is 2.95. The van der Waals surface area contributed by atoms with Gasteiger partial charge >= 0.3 is 0 Å². The summed E-state index contributed by atoms with van der Waals surface area (Å²) in [6, 6.07) is 3.74. The first-order valence-corrected chi connectivity index (χ1v) is 8.23. The molecule has 2 aromatic heterocycles. The maximum Gasteiger partial charge on any atom is 0.257 e. The van der Waals surface area contributed by atoms with Crippen LogP contribution in [0, 0.1) is 0 Å². The molecule has 0 unspecified atom stereocenters. The number of rotatable bonds is 8. The van der Waals surface area contributed by atoms with Crippen LogP contribution < -0.4 is 10.0 Å². The van der Waals surface area contributed by atoms with Gasteiger partial charge < -0.3 is 5.32 Å². The van der Waals surface area contributed by atoms with Crippen LogP contribution in [0.15, 0.2) is 35.7 Å². The Balaban J connectivity index is 1.97. The molecule has 0 radical (unpaired) electrons. The van der Waals surface area contributed by atoms with Crippen LogP contribution >= 0.6 is 0 Å². The summed E-state index contributed by atoms with van der Waals surface area (Å²) in [6.45, 7) is 3.50. The average molecular weight is 309 g/mol. The topological polar surface area (TPSA) is 99.8 Å². The van der Waals surface area contributed by atoms with E-state index in [9.17, 15) is 8.42 Å². The molecule has 2 aromatic rings. The summed E-state index contributed by atoms with van der Waals surface area (Å²) in [4.78, 5) is 4.00. The lowest BCUT2D eigenvalue weighted by molar-refractivity contribution is 0.574. The molecular weight excluding hydrogens is 290 g/mol. The van der Waals surface area contributed by atoms with E-state index in [-0.39, 0.29) is 5.03 Å². The number of aromatic nitrogens is 3. The fourth-order valence-corrected chi connectivity index (χ4v) is 3.02. The third-order valence-electron chi connectivity index (χ3n) is 2.94. The molecule has 21 heavy (non-hydrogen) atoms. The molecule has 2 heterocycles. The minimum absolute atomic E-state index is 0.120. The van der Waals surface area contributed by atoms with Crippen molar-refractivity contribution in [2.75, 3.05) is 13.1 Å². The summed E-state index contributed by atoms with van der Waals surface area (Å²) < 4.78 is 27.1. The first-order chi connectivity index (χ1) is 10.1. The minimum Gasteiger partial charge on any atom is -0.313 e. The lowest BCUT2D eigenvalue weighted by Gasteiger charge is -2.07. The molecule has 7 nitrogen and oxygen atoms in total. The van der Waals surface area contributed by atoms with Crippen LogP contribution in [0.4, 0.5) is 0 Å². The van der Waals surface area contributed by atoms with Gasteiger partial charge in [0, 0.05) is 31.0 Å². The molecule has 0 aliphatic rings. The number of sulfonamides is 1. The Kier molecular flexibility index (Phi) is 5.43. The van der Waals surface area contributed by atoms with E-state index in [1.807, 2.05) is 19.1 Å². The molecule has 0 bridgehead atoms. The third-order valence-corrected chi connectivity index (χ3v) is 4.42. The van der Waals surface area contributed by atoms with Crippen molar-refractivity contribution >= 4 is 10.0 Å². The maximum absolute atomic E-state index is 12.2. The molecular formula is C13H19N5O2S. The monoisotopic (exact) mass is 309 g/mol. The van der Waals surface area contributed by atoms with E-state index >= 15 is 0 Å². The van der Waals surface area contributed by atoms with Gasteiger partial charge in [-0.25, -0.2) is 13.1 Å². The fourth-order valence-electron chi connectivity index (χ4n) is 1.87. The highest BCUT2D eigenvalue weighted by Gasteiger charge is 2.19. The molecule has 3 N–H and O–H groups in total. The highest BCUT2D eigenvalue weighted by atomic mass is 32.2. The van der Waals surface area contributed by atoms with Crippen LogP contribution in [0.25, 0.3) is 0 Å². The second-order valence-corrected chi connectivity index (χ2v) is 6.22. The molecule has 0 aliphatic carbocycles. The maximum atomic E-state index is 12.2. The zero-order valence-electron chi connectivity index (χ0n) is 11.8. The van der Waals surface area contributed by atoms with Crippen LogP contribution in [-0.2, 0) is 23.0 Å². The Morgan fingerprint density at radius 3 is 2.90 bits per heavy atom. The van der Waals surface area contributed by atoms with Crippen LogP contribution in [0.3, 0.4) is 0 Å². The molecule has 0 saturated heterocycles. The van der Waals surface area contributed by atoms with Gasteiger partial charge in [0.2, 0.25) is 0 Å². The third kappa shape index (κ3) is 4.35. The number of hydrogen-bond acceptors (Lipinski definition) is 5. The van der Waals surface area contributed by atoms with Gasteiger partial charge in [0.1, 0.15) is 0 Å². The van der Waals surface area contributed by atoms with Gasteiger partial charge in [0.25, 0.3) is 10.0 Å². The van der Waals surface area contributed by atoms with Crippen molar-refractivity contribution in [3.63, 3.8) is 0 Å². The quantitative estimate of drug-likeness (QED) is 0.657. The Labute approximate surface area is 124 Å². The van der Waals surface area contributed by atoms with Gasteiger partial charge in [0.15, 0.2) is 5.03 Å². The molecule has 2 rings (SSSR count). The van der Waals surface area contributed by atoms with Gasteiger partial charge in [-0.1, -0.05) is 13.0 Å². The highest BCUT2D eigenvalue weighted by Crippen LogP contribution is 2.11. The minimum atomic E-state index is -3.58. The highest BCUT2D eigenvalue weighted by molar-refractivity contribution is 7.89. The lowest BCUT2D eigenvalue weighted by atomic mass is 10.2. The van der Waals surface area contributed by atoms with E-state index in [0.717, 1.165) is 12.1 Å². The van der Waals surface area contributed by atoms with Gasteiger partial charge in [0.05, 0.1) is 6.20 Å². The van der Waals surface area contributed by atoms with E-state index < -0.39 is 10.0 Å². The van der Waals surface area contributed by atoms with Gasteiger partial charge in [-0.05, 0) is 24.6 Å². The van der Waals surface area contributed by atoms with Crippen molar-refractivity contribution in [1.29, 1.82) is 0 Å². The Morgan fingerprint density at radius 1 is 1.33 bits per heavy atom. The zero-order chi connectivity index (χ0) is 15.1. The number of H-pyrrole nitrogens is 1. The predicted molar refractivity (Wildman–Crippen MR) is 79.1 cm³/mol. The first-order valence-electron chi connectivity index (χ1n) is 6.75. The lowest BCUT2D eigenvalue weighted by Crippen LogP contribution is -2.28. The standard InChI is InChI=1S/C13H19N5O2S/c1-2-14-9-12-10-16-18-13(12)21(19,20)17-7-5-11-4-3-6-15-8-11/h3-4,6,8,10,14,17H,2,5,7,9H2,1H3,(H,16,18). The second-order valence-electron chi connectivity index (χ2n) is 4.51. The summed E-state index contributed by atoms with van der Waals surface area (Å²) >= 11 is 0. The van der Waals surface area contributed by atoms with E-state index in [1.54, 1.807) is 12.4 Å². The Bertz CT molecular complexity index is 654. The van der Waals surface area contributed by atoms with Crippen molar-refractivity contribution in [3.05, 3.63) is 41.9 Å². The molecule has 0 amide bonds. The van der Waals surface area contributed by atoms with Crippen molar-refractivity contribution in [2.45, 2.75) is 24.9 Å². The van der Waals surface area contributed by atoms with Crippen molar-refractivity contribution in [1.82, 2.24) is 25.2 Å². The smallest absolute Gasteiger partial charge is 0.257 e. The molecule has 8 heteroatoms. The zero-order valence-corrected chi connectivity index (χ0v) is 12.7. The van der Waals surface area contributed by atoms with Crippen LogP contribution in [0.1, 0.15) is 18.1 Å². The van der Waals surface area contributed by atoms with Gasteiger partial charge in [-0.2, -0.15) is 5.10 Å². The number of aromatic amines is 1. The number of nitrogens with zero attached hydrogens (tertiary/aromatic N) is 2. The van der Waals surface area contributed by atoms with E-state index in [4.69, 9.17) is 0 Å². The Hall–Kier alpha value is -1.77. The van der Waals surface area contributed by atoms with Gasteiger partial charge in [-0.15, -0.1) is 0 Å². The molecule has 114 valence electrons. The number of pyridine rings is 1. The first kappa shape index (κ1) is 15.6. The molecule has 0 aromatic carbocycles. The summed E-state index contributed by atoms with van der Waals surface area (Å²) in [5.41, 5.74) is 1.61. The van der Waals surface area contributed by atoms with Crippen LogP contribution in [0.2, 0.25) is 0 Å². The van der Waals surface area contributed by atoms with Crippen molar-refractivity contribution in [2.24, 2.45) is 0 Å². The summed E-state index contributed by atoms with van der Waals surface area (Å²) in [6.07, 6.45) is 5.52. The summed E-state index contributed by atoms with van der Waals surface area (Å²) in [5.74, 6) is 0. The SMILES string of the molecule is CCNCc1cn[nH]c1S(=O)(=O)NCCc1cccnc1. The van der Waals surface area contributed by atoms with Crippen LogP contribution in [-0.4, -0.2) is 36.7 Å². The molecule has 0 aliphatic heterocycles. The fraction of sp³-hybridized carbons (Fsp3) is 0.385.